The average molecular weight is 350 g/mol. The first-order valence-electron chi connectivity index (χ1n) is 10.0. The lowest BCUT2D eigenvalue weighted by Crippen LogP contribution is -2.51. The minimum Gasteiger partial charge on any atom is -0.379 e. The molecule has 0 saturated carbocycles. The minimum atomic E-state index is -0.0636. The van der Waals surface area contributed by atoms with Gasteiger partial charge in [0.2, 0.25) is 5.91 Å². The number of rotatable bonds is 10. The molecule has 1 heterocycles. The van der Waals surface area contributed by atoms with Crippen LogP contribution >= 0.6 is 0 Å². The topological polar surface area (TPSA) is 32.8 Å². The first-order valence-corrected chi connectivity index (χ1v) is 10.0. The third-order valence-corrected chi connectivity index (χ3v) is 5.71. The van der Waals surface area contributed by atoms with Crippen molar-refractivity contribution in [1.82, 2.24) is 9.80 Å². The zero-order valence-corrected chi connectivity index (χ0v) is 17.4. The van der Waals surface area contributed by atoms with Gasteiger partial charge < -0.3 is 9.64 Å². The number of methoxy groups -OCH3 is 1. The molecule has 5 heteroatoms. The van der Waals surface area contributed by atoms with Gasteiger partial charge in [-0.2, -0.15) is 0 Å². The van der Waals surface area contributed by atoms with Gasteiger partial charge in [-0.25, -0.2) is 0 Å². The number of hydrogen-bond acceptors (Lipinski definition) is 3. The molecule has 0 aliphatic carbocycles. The second kappa shape index (κ2) is 10.6. The van der Waals surface area contributed by atoms with E-state index in [4.69, 9.17) is 12.6 Å². The maximum atomic E-state index is 12.6. The van der Waals surface area contributed by atoms with E-state index in [1.54, 1.807) is 7.11 Å². The van der Waals surface area contributed by atoms with Gasteiger partial charge >= 0.3 is 0 Å². The van der Waals surface area contributed by atoms with Crippen molar-refractivity contribution in [1.29, 1.82) is 0 Å². The van der Waals surface area contributed by atoms with E-state index in [9.17, 15) is 4.79 Å². The Morgan fingerprint density at radius 3 is 2.24 bits per heavy atom. The summed E-state index contributed by atoms with van der Waals surface area (Å²) in [6.07, 6.45) is 3.96. The molecule has 2 radical (unpaired) electrons. The predicted molar refractivity (Wildman–Crippen MR) is 106 cm³/mol. The van der Waals surface area contributed by atoms with Crippen molar-refractivity contribution in [2.75, 3.05) is 39.8 Å². The Kier molecular flexibility index (Phi) is 9.51. The van der Waals surface area contributed by atoms with Crippen LogP contribution in [0.4, 0.5) is 0 Å². The number of nitrogens with zero attached hydrogens (tertiary/aromatic N) is 2. The molecule has 0 aromatic rings. The summed E-state index contributed by atoms with van der Waals surface area (Å²) in [6.45, 7) is 15.4. The van der Waals surface area contributed by atoms with Crippen LogP contribution in [0, 0.1) is 11.8 Å². The number of carbonyl (C=O) groups is 1. The van der Waals surface area contributed by atoms with Gasteiger partial charge in [0.25, 0.3) is 0 Å². The summed E-state index contributed by atoms with van der Waals surface area (Å²) >= 11 is 0. The zero-order chi connectivity index (χ0) is 19.0. The number of ether oxygens (including phenoxy) is 1. The van der Waals surface area contributed by atoms with E-state index < -0.39 is 0 Å². The molecule has 1 aliphatic heterocycles. The van der Waals surface area contributed by atoms with Crippen molar-refractivity contribution >= 4 is 13.8 Å². The molecule has 0 aromatic heterocycles. The molecule has 1 amide bonds. The van der Waals surface area contributed by atoms with Gasteiger partial charge in [-0.3, -0.25) is 9.69 Å². The SMILES string of the molecule is [B]C(CC)CC(C)C(=O)N1CCN(CC(CC)CC(C)(C)OC)CC1. The lowest BCUT2D eigenvalue weighted by molar-refractivity contribution is -0.137. The molecule has 1 rings (SSSR count). The van der Waals surface area contributed by atoms with Gasteiger partial charge in [0.05, 0.1) is 13.4 Å². The molecule has 144 valence electrons. The Balaban J connectivity index is 2.43. The highest BCUT2D eigenvalue weighted by Crippen LogP contribution is 2.24. The van der Waals surface area contributed by atoms with Crippen LogP contribution < -0.4 is 0 Å². The van der Waals surface area contributed by atoms with Gasteiger partial charge in [-0.1, -0.05) is 39.4 Å². The maximum absolute atomic E-state index is 12.6. The number of carbonyl (C=O) groups excluding carboxylic acids is 1. The first-order chi connectivity index (χ1) is 11.7. The van der Waals surface area contributed by atoms with Gasteiger partial charge in [-0.05, 0) is 32.6 Å². The predicted octanol–water partition coefficient (Wildman–Crippen LogP) is 3.37. The number of hydrogen-bond donors (Lipinski definition) is 0. The van der Waals surface area contributed by atoms with E-state index in [2.05, 4.69) is 32.6 Å². The molecular formula is C20H39BN2O2. The van der Waals surface area contributed by atoms with E-state index in [0.29, 0.717) is 5.92 Å². The van der Waals surface area contributed by atoms with Crippen molar-refractivity contribution in [3.63, 3.8) is 0 Å². The van der Waals surface area contributed by atoms with E-state index in [1.165, 1.54) is 0 Å². The molecule has 0 N–H and O–H groups in total. The van der Waals surface area contributed by atoms with Crippen LogP contribution in [0.5, 0.6) is 0 Å². The van der Waals surface area contributed by atoms with Gasteiger partial charge in [0.1, 0.15) is 0 Å². The fraction of sp³-hybridized carbons (Fsp3) is 0.950. The number of amides is 1. The molecule has 1 saturated heterocycles. The van der Waals surface area contributed by atoms with Crippen molar-refractivity contribution in [3.05, 3.63) is 0 Å². The van der Waals surface area contributed by atoms with Crippen LogP contribution in [0.25, 0.3) is 0 Å². The van der Waals surface area contributed by atoms with Crippen LogP contribution in [0.2, 0.25) is 5.82 Å². The molecule has 4 nitrogen and oxygen atoms in total. The van der Waals surface area contributed by atoms with Gasteiger partial charge in [0, 0.05) is 45.8 Å². The second-order valence-electron chi connectivity index (χ2n) is 8.37. The van der Waals surface area contributed by atoms with Crippen LogP contribution in [0.15, 0.2) is 0 Å². The second-order valence-corrected chi connectivity index (χ2v) is 8.37. The van der Waals surface area contributed by atoms with E-state index in [1.807, 2.05) is 11.8 Å². The number of piperazine rings is 1. The Bertz CT molecular complexity index is 395. The third-order valence-electron chi connectivity index (χ3n) is 5.71. The molecule has 25 heavy (non-hydrogen) atoms. The summed E-state index contributed by atoms with van der Waals surface area (Å²) < 4.78 is 5.59. The summed E-state index contributed by atoms with van der Waals surface area (Å²) in [4.78, 5) is 17.1. The zero-order valence-electron chi connectivity index (χ0n) is 17.4. The van der Waals surface area contributed by atoms with Crippen molar-refractivity contribution in [2.45, 2.75) is 71.7 Å². The Morgan fingerprint density at radius 1 is 1.16 bits per heavy atom. The Labute approximate surface area is 157 Å². The normalized spacial score (nSPS) is 20.3. The van der Waals surface area contributed by atoms with E-state index in [0.717, 1.165) is 58.4 Å². The fourth-order valence-electron chi connectivity index (χ4n) is 3.67. The molecule has 1 fully saturated rings. The third kappa shape index (κ3) is 7.70. The van der Waals surface area contributed by atoms with Crippen LogP contribution in [0.1, 0.15) is 60.3 Å². The summed E-state index contributed by atoms with van der Waals surface area (Å²) in [6, 6.07) is 0. The highest BCUT2D eigenvalue weighted by Gasteiger charge is 2.28. The van der Waals surface area contributed by atoms with Crippen molar-refractivity contribution in [2.24, 2.45) is 11.8 Å². The smallest absolute Gasteiger partial charge is 0.225 e. The fourth-order valence-corrected chi connectivity index (χ4v) is 3.67. The molecule has 0 spiro atoms. The summed E-state index contributed by atoms with van der Waals surface area (Å²) in [5.41, 5.74) is -0.0636. The largest absolute Gasteiger partial charge is 0.379 e. The summed E-state index contributed by atoms with van der Waals surface area (Å²) in [7, 11) is 7.80. The quantitative estimate of drug-likeness (QED) is 0.567. The molecule has 0 aromatic carbocycles. The first kappa shape index (κ1) is 22.5. The van der Waals surface area contributed by atoms with Crippen molar-refractivity contribution < 1.29 is 9.53 Å². The van der Waals surface area contributed by atoms with Gasteiger partial charge in [-0.15, -0.1) is 0 Å². The standard InChI is InChI=1S/C20H39BN2O2/c1-7-17(14-20(4,5)25-6)15-22-9-11-23(12-10-22)19(24)16(3)13-18(21)8-2/h16-18H,7-15H2,1-6H3. The van der Waals surface area contributed by atoms with E-state index >= 15 is 0 Å². The molecule has 3 atom stereocenters. The van der Waals surface area contributed by atoms with Crippen LogP contribution in [0.3, 0.4) is 0 Å². The van der Waals surface area contributed by atoms with Crippen molar-refractivity contribution in [3.8, 4) is 0 Å². The lowest BCUT2D eigenvalue weighted by Gasteiger charge is -2.38. The monoisotopic (exact) mass is 350 g/mol. The minimum absolute atomic E-state index is 0.0346. The molecule has 3 unspecified atom stereocenters. The lowest BCUT2D eigenvalue weighted by atomic mass is 9.78. The molecule has 1 aliphatic rings. The average Bonchev–Trinajstić information content (AvgIpc) is 2.60. The van der Waals surface area contributed by atoms with E-state index in [-0.39, 0.29) is 23.2 Å². The molecular weight excluding hydrogens is 311 g/mol. The maximum Gasteiger partial charge on any atom is 0.225 e. The Morgan fingerprint density at radius 2 is 1.76 bits per heavy atom. The summed E-state index contributed by atoms with van der Waals surface area (Å²) in [5.74, 6) is 1.08. The highest BCUT2D eigenvalue weighted by atomic mass is 16.5. The molecule has 0 bridgehead atoms. The van der Waals surface area contributed by atoms with Gasteiger partial charge in [0.15, 0.2) is 0 Å². The Hall–Kier alpha value is -0.545. The summed E-state index contributed by atoms with van der Waals surface area (Å²) in [5, 5.41) is 0. The van der Waals surface area contributed by atoms with Crippen LogP contribution in [-0.2, 0) is 9.53 Å². The highest BCUT2D eigenvalue weighted by molar-refractivity contribution is 6.11. The van der Waals surface area contributed by atoms with Crippen LogP contribution in [-0.4, -0.2) is 69.0 Å².